The van der Waals surface area contributed by atoms with Crippen LogP contribution in [0.4, 0.5) is 4.39 Å². The van der Waals surface area contributed by atoms with E-state index in [-0.39, 0.29) is 30.3 Å². The number of nitrogens with zero attached hydrogens (tertiary/aromatic N) is 2. The molecule has 7 heteroatoms. The van der Waals surface area contributed by atoms with Gasteiger partial charge in [0.1, 0.15) is 12.4 Å². The Morgan fingerprint density at radius 2 is 2.21 bits per heavy atom. The molecule has 28 heavy (non-hydrogen) atoms. The number of hydrogen-bond donors (Lipinski definition) is 1. The van der Waals surface area contributed by atoms with E-state index < -0.39 is 0 Å². The molecule has 2 amide bonds. The van der Waals surface area contributed by atoms with E-state index in [0.717, 1.165) is 12.8 Å². The Morgan fingerprint density at radius 3 is 2.93 bits per heavy atom. The number of unbranched alkanes of at least 4 members (excludes halogenated alkanes) is 1. The number of carbonyl (C=O) groups is 2. The van der Waals surface area contributed by atoms with Gasteiger partial charge in [-0.3, -0.25) is 14.6 Å². The quantitative estimate of drug-likeness (QED) is 0.795. The highest BCUT2D eigenvalue weighted by atomic mass is 19.1. The van der Waals surface area contributed by atoms with Crippen LogP contribution in [0.5, 0.6) is 0 Å². The van der Waals surface area contributed by atoms with Crippen LogP contribution in [0.25, 0.3) is 11.3 Å². The van der Waals surface area contributed by atoms with Crippen molar-refractivity contribution in [1.82, 2.24) is 15.2 Å². The number of amides is 2. The summed E-state index contributed by atoms with van der Waals surface area (Å²) in [5, 5.41) is 2.83. The van der Waals surface area contributed by atoms with Crippen molar-refractivity contribution in [3.8, 4) is 11.3 Å². The molecule has 1 aliphatic heterocycles. The normalized spacial score (nSPS) is 16.9. The van der Waals surface area contributed by atoms with Gasteiger partial charge in [0.05, 0.1) is 17.4 Å². The SMILES string of the molecule is CCCCN1CC(CNC(=O)c2ccc(-c3cccc(F)c3)nc2)OCC1=O. The molecule has 1 aromatic heterocycles. The number of carbonyl (C=O) groups excluding carboxylic acids is 2. The summed E-state index contributed by atoms with van der Waals surface area (Å²) in [6.45, 7) is 3.65. The second-order valence-electron chi connectivity index (χ2n) is 6.78. The van der Waals surface area contributed by atoms with Crippen LogP contribution in [0.3, 0.4) is 0 Å². The maximum absolute atomic E-state index is 13.3. The number of benzene rings is 1. The number of hydrogen-bond acceptors (Lipinski definition) is 4. The first-order valence-electron chi connectivity index (χ1n) is 9.46. The van der Waals surface area contributed by atoms with Crippen molar-refractivity contribution in [2.75, 3.05) is 26.2 Å². The standard InChI is InChI=1S/C21H24FN3O3/c1-2-3-9-25-13-18(28-14-20(25)26)12-24-21(27)16-7-8-19(23-11-16)15-5-4-6-17(22)10-15/h4-8,10-11,18H,2-3,9,12-14H2,1H3,(H,24,27). The summed E-state index contributed by atoms with van der Waals surface area (Å²) in [5.74, 6) is -0.605. The Kier molecular flexibility index (Phi) is 6.71. The van der Waals surface area contributed by atoms with Gasteiger partial charge in [0, 0.05) is 31.4 Å². The van der Waals surface area contributed by atoms with E-state index in [1.54, 1.807) is 29.2 Å². The van der Waals surface area contributed by atoms with Crippen LogP contribution >= 0.6 is 0 Å². The Morgan fingerprint density at radius 1 is 1.36 bits per heavy atom. The Bertz CT molecular complexity index is 826. The van der Waals surface area contributed by atoms with Crippen molar-refractivity contribution >= 4 is 11.8 Å². The van der Waals surface area contributed by atoms with E-state index in [9.17, 15) is 14.0 Å². The Balaban J connectivity index is 1.54. The van der Waals surface area contributed by atoms with E-state index in [1.165, 1.54) is 18.3 Å². The summed E-state index contributed by atoms with van der Waals surface area (Å²) in [5.41, 5.74) is 1.66. The molecular formula is C21H24FN3O3. The van der Waals surface area contributed by atoms with Crippen LogP contribution in [0, 0.1) is 5.82 Å². The van der Waals surface area contributed by atoms with Crippen LogP contribution in [-0.4, -0.2) is 54.0 Å². The summed E-state index contributed by atoms with van der Waals surface area (Å²) in [4.78, 5) is 30.3. The monoisotopic (exact) mass is 385 g/mol. The van der Waals surface area contributed by atoms with Crippen molar-refractivity contribution < 1.29 is 18.7 Å². The zero-order valence-corrected chi connectivity index (χ0v) is 15.9. The molecule has 1 saturated heterocycles. The van der Waals surface area contributed by atoms with Crippen molar-refractivity contribution in [2.24, 2.45) is 0 Å². The third-order valence-corrected chi connectivity index (χ3v) is 4.64. The molecule has 2 aromatic rings. The summed E-state index contributed by atoms with van der Waals surface area (Å²) in [6, 6.07) is 9.49. The smallest absolute Gasteiger partial charge is 0.252 e. The van der Waals surface area contributed by atoms with Crippen LogP contribution in [0.15, 0.2) is 42.6 Å². The number of pyridine rings is 1. The van der Waals surface area contributed by atoms with E-state index in [2.05, 4.69) is 17.2 Å². The van der Waals surface area contributed by atoms with Crippen molar-refractivity contribution in [3.05, 3.63) is 54.0 Å². The first kappa shape index (κ1) is 19.9. The molecule has 0 saturated carbocycles. The average Bonchev–Trinajstić information content (AvgIpc) is 2.72. The molecule has 1 unspecified atom stereocenters. The molecule has 0 radical (unpaired) electrons. The van der Waals surface area contributed by atoms with E-state index in [1.807, 2.05) is 0 Å². The fraction of sp³-hybridized carbons (Fsp3) is 0.381. The predicted octanol–water partition coefficient (Wildman–Crippen LogP) is 2.65. The fourth-order valence-electron chi connectivity index (χ4n) is 3.02. The number of ether oxygens (including phenoxy) is 1. The highest BCUT2D eigenvalue weighted by molar-refractivity contribution is 5.94. The minimum atomic E-state index is -0.333. The number of morpholine rings is 1. The first-order valence-corrected chi connectivity index (χ1v) is 9.46. The van der Waals surface area contributed by atoms with Gasteiger partial charge in [-0.05, 0) is 30.7 Å². The lowest BCUT2D eigenvalue weighted by Gasteiger charge is -2.32. The van der Waals surface area contributed by atoms with Gasteiger partial charge in [0.25, 0.3) is 5.91 Å². The predicted molar refractivity (Wildman–Crippen MR) is 103 cm³/mol. The molecule has 1 atom stereocenters. The Hall–Kier alpha value is -2.80. The molecular weight excluding hydrogens is 361 g/mol. The van der Waals surface area contributed by atoms with E-state index in [0.29, 0.717) is 36.5 Å². The molecule has 1 N–H and O–H groups in total. The molecule has 2 heterocycles. The van der Waals surface area contributed by atoms with Gasteiger partial charge < -0.3 is 15.0 Å². The molecule has 3 rings (SSSR count). The van der Waals surface area contributed by atoms with Crippen molar-refractivity contribution in [3.63, 3.8) is 0 Å². The molecule has 1 aliphatic rings. The van der Waals surface area contributed by atoms with Gasteiger partial charge >= 0.3 is 0 Å². The minimum Gasteiger partial charge on any atom is -0.365 e. The molecule has 0 spiro atoms. The van der Waals surface area contributed by atoms with Crippen LogP contribution < -0.4 is 5.32 Å². The first-order chi connectivity index (χ1) is 13.6. The van der Waals surface area contributed by atoms with E-state index in [4.69, 9.17) is 4.74 Å². The molecule has 1 aromatic carbocycles. The largest absolute Gasteiger partial charge is 0.365 e. The van der Waals surface area contributed by atoms with Gasteiger partial charge in [-0.15, -0.1) is 0 Å². The molecule has 0 bridgehead atoms. The lowest BCUT2D eigenvalue weighted by Crippen LogP contribution is -2.50. The second kappa shape index (κ2) is 9.41. The lowest BCUT2D eigenvalue weighted by molar-refractivity contribution is -0.148. The van der Waals surface area contributed by atoms with Crippen LogP contribution in [0.2, 0.25) is 0 Å². The summed E-state index contributed by atoms with van der Waals surface area (Å²) < 4.78 is 18.8. The maximum atomic E-state index is 13.3. The van der Waals surface area contributed by atoms with Gasteiger partial charge in [0.15, 0.2) is 0 Å². The van der Waals surface area contributed by atoms with Crippen molar-refractivity contribution in [1.29, 1.82) is 0 Å². The van der Waals surface area contributed by atoms with Crippen LogP contribution in [-0.2, 0) is 9.53 Å². The maximum Gasteiger partial charge on any atom is 0.252 e. The second-order valence-corrected chi connectivity index (χ2v) is 6.78. The molecule has 0 aliphatic carbocycles. The summed E-state index contributed by atoms with van der Waals surface area (Å²) >= 11 is 0. The highest BCUT2D eigenvalue weighted by Gasteiger charge is 2.26. The summed E-state index contributed by atoms with van der Waals surface area (Å²) in [7, 11) is 0. The fourth-order valence-corrected chi connectivity index (χ4v) is 3.02. The van der Waals surface area contributed by atoms with Gasteiger partial charge in [0.2, 0.25) is 5.91 Å². The molecule has 1 fully saturated rings. The molecule has 148 valence electrons. The van der Waals surface area contributed by atoms with Gasteiger partial charge in [-0.2, -0.15) is 0 Å². The third kappa shape index (κ3) is 5.13. The number of rotatable bonds is 7. The zero-order chi connectivity index (χ0) is 19.9. The Labute approximate surface area is 163 Å². The number of aromatic nitrogens is 1. The molecule has 6 nitrogen and oxygen atoms in total. The van der Waals surface area contributed by atoms with E-state index >= 15 is 0 Å². The number of halogens is 1. The highest BCUT2D eigenvalue weighted by Crippen LogP contribution is 2.18. The lowest BCUT2D eigenvalue weighted by atomic mass is 10.1. The zero-order valence-electron chi connectivity index (χ0n) is 15.9. The van der Waals surface area contributed by atoms with Gasteiger partial charge in [-0.25, -0.2) is 4.39 Å². The minimum absolute atomic E-state index is 0.00633. The third-order valence-electron chi connectivity index (χ3n) is 4.64. The van der Waals surface area contributed by atoms with Crippen molar-refractivity contribution in [2.45, 2.75) is 25.9 Å². The topological polar surface area (TPSA) is 71.5 Å². The van der Waals surface area contributed by atoms with Gasteiger partial charge in [-0.1, -0.05) is 25.5 Å². The summed E-state index contributed by atoms with van der Waals surface area (Å²) in [6.07, 6.45) is 3.21. The van der Waals surface area contributed by atoms with Crippen LogP contribution in [0.1, 0.15) is 30.1 Å². The average molecular weight is 385 g/mol. The number of nitrogens with one attached hydrogen (secondary N) is 1.